The number of nitrogens with two attached hydrogens (primary N) is 1. The summed E-state index contributed by atoms with van der Waals surface area (Å²) in [6.45, 7) is 10.3. The van der Waals surface area contributed by atoms with Crippen molar-refractivity contribution in [3.8, 4) is 0 Å². The fraction of sp³-hybridized carbons (Fsp3) is 0.714. The number of nitrogens with zero attached hydrogens (tertiary/aromatic N) is 2. The van der Waals surface area contributed by atoms with Crippen LogP contribution in [-0.2, 0) is 0 Å². The second kappa shape index (κ2) is 5.03. The van der Waals surface area contributed by atoms with Crippen LogP contribution in [0, 0.1) is 6.92 Å². The van der Waals surface area contributed by atoms with Crippen molar-refractivity contribution >= 4 is 0 Å². The lowest BCUT2D eigenvalue weighted by molar-refractivity contribution is 0.0132. The van der Waals surface area contributed by atoms with E-state index < -0.39 is 0 Å². The molecule has 0 saturated carbocycles. The van der Waals surface area contributed by atoms with E-state index >= 15 is 0 Å². The normalized spacial score (nSPS) is 23.2. The lowest BCUT2D eigenvalue weighted by Crippen LogP contribution is -2.58. The van der Waals surface area contributed by atoms with Crippen LogP contribution in [0.4, 0.5) is 0 Å². The van der Waals surface area contributed by atoms with Crippen LogP contribution in [0.3, 0.4) is 0 Å². The molecule has 4 heteroatoms. The first-order chi connectivity index (χ1) is 8.44. The van der Waals surface area contributed by atoms with Gasteiger partial charge in [-0.05, 0) is 40.0 Å². The first-order valence-electron chi connectivity index (χ1n) is 6.66. The molecule has 1 aromatic heterocycles. The molecule has 0 radical (unpaired) electrons. The molecule has 2 rings (SSSR count). The van der Waals surface area contributed by atoms with Gasteiger partial charge in [0, 0.05) is 31.7 Å². The average molecular weight is 251 g/mol. The monoisotopic (exact) mass is 251 g/mol. The number of furan rings is 1. The van der Waals surface area contributed by atoms with Gasteiger partial charge in [0.25, 0.3) is 0 Å². The lowest BCUT2D eigenvalue weighted by atomic mass is 9.98. The van der Waals surface area contributed by atoms with E-state index in [1.165, 1.54) is 0 Å². The van der Waals surface area contributed by atoms with Crippen molar-refractivity contribution in [2.24, 2.45) is 5.73 Å². The van der Waals surface area contributed by atoms with Crippen molar-refractivity contribution in [2.75, 3.05) is 33.2 Å². The van der Waals surface area contributed by atoms with Crippen molar-refractivity contribution < 1.29 is 4.42 Å². The van der Waals surface area contributed by atoms with E-state index in [0.717, 1.165) is 31.2 Å². The molecule has 1 unspecified atom stereocenters. The van der Waals surface area contributed by atoms with E-state index in [9.17, 15) is 0 Å². The lowest BCUT2D eigenvalue weighted by Gasteiger charge is -2.47. The summed E-state index contributed by atoms with van der Waals surface area (Å²) >= 11 is 0. The van der Waals surface area contributed by atoms with E-state index in [4.69, 9.17) is 10.2 Å². The summed E-state index contributed by atoms with van der Waals surface area (Å²) in [7, 11) is 2.19. The molecular weight excluding hydrogens is 226 g/mol. The van der Waals surface area contributed by atoms with Gasteiger partial charge in [-0.25, -0.2) is 0 Å². The van der Waals surface area contributed by atoms with Crippen LogP contribution in [0.2, 0.25) is 0 Å². The Morgan fingerprint density at radius 2 is 2.11 bits per heavy atom. The fourth-order valence-corrected chi connectivity index (χ4v) is 2.62. The number of aryl methyl sites for hydroxylation is 1. The topological polar surface area (TPSA) is 45.6 Å². The molecule has 1 fully saturated rings. The molecule has 102 valence electrons. The van der Waals surface area contributed by atoms with Crippen LogP contribution >= 0.6 is 0 Å². The van der Waals surface area contributed by atoms with Crippen LogP contribution in [0.25, 0.3) is 0 Å². The Bertz CT molecular complexity index is 399. The molecule has 1 aliphatic rings. The van der Waals surface area contributed by atoms with Gasteiger partial charge in [-0.2, -0.15) is 0 Å². The maximum absolute atomic E-state index is 5.95. The van der Waals surface area contributed by atoms with Gasteiger partial charge in [-0.1, -0.05) is 0 Å². The highest BCUT2D eigenvalue weighted by Crippen LogP contribution is 2.28. The minimum absolute atomic E-state index is 0.188. The molecule has 1 saturated heterocycles. The summed E-state index contributed by atoms with van der Waals surface area (Å²) in [6.07, 6.45) is 0. The zero-order valence-electron chi connectivity index (χ0n) is 11.9. The van der Waals surface area contributed by atoms with Crippen LogP contribution in [-0.4, -0.2) is 48.6 Å². The second-order valence-corrected chi connectivity index (χ2v) is 5.90. The van der Waals surface area contributed by atoms with Crippen molar-refractivity contribution in [3.63, 3.8) is 0 Å². The number of hydrogen-bond acceptors (Lipinski definition) is 4. The number of hydrogen-bond donors (Lipinski definition) is 1. The van der Waals surface area contributed by atoms with Crippen molar-refractivity contribution in [1.82, 2.24) is 9.80 Å². The van der Waals surface area contributed by atoms with Crippen LogP contribution in [0.15, 0.2) is 16.5 Å². The zero-order valence-corrected chi connectivity index (χ0v) is 11.9. The Morgan fingerprint density at radius 1 is 1.39 bits per heavy atom. The van der Waals surface area contributed by atoms with E-state index in [-0.39, 0.29) is 11.6 Å². The van der Waals surface area contributed by atoms with Gasteiger partial charge in [0.15, 0.2) is 0 Å². The van der Waals surface area contributed by atoms with E-state index in [2.05, 4.69) is 36.8 Å². The van der Waals surface area contributed by atoms with Crippen molar-refractivity contribution in [2.45, 2.75) is 32.4 Å². The van der Waals surface area contributed by atoms with Gasteiger partial charge in [-0.15, -0.1) is 0 Å². The molecule has 2 N–H and O–H groups in total. The highest BCUT2D eigenvalue weighted by Gasteiger charge is 2.35. The minimum atomic E-state index is 0.188. The quantitative estimate of drug-likeness (QED) is 0.886. The molecule has 0 spiro atoms. The highest BCUT2D eigenvalue weighted by molar-refractivity contribution is 5.11. The third-order valence-corrected chi connectivity index (χ3v) is 4.10. The molecule has 2 heterocycles. The first-order valence-corrected chi connectivity index (χ1v) is 6.66. The molecule has 0 amide bonds. The zero-order chi connectivity index (χ0) is 13.3. The summed E-state index contributed by atoms with van der Waals surface area (Å²) in [6, 6.07) is 4.27. The molecule has 0 bridgehead atoms. The number of piperazine rings is 1. The largest absolute Gasteiger partial charge is 0.465 e. The van der Waals surface area contributed by atoms with E-state index in [1.54, 1.807) is 0 Å². The van der Waals surface area contributed by atoms with Crippen LogP contribution in [0.1, 0.15) is 31.4 Å². The SMILES string of the molecule is Cc1ccc(C(CN)N2CCN(C)C(C)(C)C2)o1. The summed E-state index contributed by atoms with van der Waals surface area (Å²) in [5, 5.41) is 0. The molecule has 1 aromatic rings. The molecule has 1 aliphatic heterocycles. The summed E-state index contributed by atoms with van der Waals surface area (Å²) in [4.78, 5) is 4.85. The maximum Gasteiger partial charge on any atom is 0.122 e. The Kier molecular flexibility index (Phi) is 3.80. The summed E-state index contributed by atoms with van der Waals surface area (Å²) in [5.74, 6) is 1.95. The molecule has 18 heavy (non-hydrogen) atoms. The fourth-order valence-electron chi connectivity index (χ4n) is 2.62. The smallest absolute Gasteiger partial charge is 0.122 e. The van der Waals surface area contributed by atoms with Gasteiger partial charge in [0.05, 0.1) is 6.04 Å². The molecule has 0 aliphatic carbocycles. The Balaban J connectivity index is 2.14. The molecule has 0 aromatic carbocycles. The summed E-state index contributed by atoms with van der Waals surface area (Å²) in [5.41, 5.74) is 6.14. The van der Waals surface area contributed by atoms with Gasteiger partial charge in [0.1, 0.15) is 11.5 Å². The average Bonchev–Trinajstić information content (AvgIpc) is 2.71. The van der Waals surface area contributed by atoms with Crippen molar-refractivity contribution in [3.05, 3.63) is 23.7 Å². The van der Waals surface area contributed by atoms with Crippen molar-refractivity contribution in [1.29, 1.82) is 0 Å². The summed E-state index contributed by atoms with van der Waals surface area (Å²) < 4.78 is 5.75. The standard InChI is InChI=1S/C14H25N3O/c1-11-5-6-13(18-11)12(9-15)17-8-7-16(4)14(2,3)10-17/h5-6,12H,7-10,15H2,1-4H3. The van der Waals surface area contributed by atoms with Gasteiger partial charge >= 0.3 is 0 Å². The third-order valence-electron chi connectivity index (χ3n) is 4.10. The Labute approximate surface area is 110 Å². The predicted octanol–water partition coefficient (Wildman–Crippen LogP) is 1.61. The predicted molar refractivity (Wildman–Crippen MR) is 73.5 cm³/mol. The number of likely N-dealkylation sites (N-methyl/N-ethyl adjacent to an activating group) is 1. The van der Waals surface area contributed by atoms with Gasteiger partial charge in [-0.3, -0.25) is 9.80 Å². The Morgan fingerprint density at radius 3 is 2.61 bits per heavy atom. The second-order valence-electron chi connectivity index (χ2n) is 5.90. The van der Waals surface area contributed by atoms with Crippen LogP contribution in [0.5, 0.6) is 0 Å². The third kappa shape index (κ3) is 2.60. The van der Waals surface area contributed by atoms with E-state index in [0.29, 0.717) is 6.54 Å². The molecule has 1 atom stereocenters. The van der Waals surface area contributed by atoms with Crippen LogP contribution < -0.4 is 5.73 Å². The maximum atomic E-state index is 5.95. The molecule has 4 nitrogen and oxygen atoms in total. The Hall–Kier alpha value is -0.840. The minimum Gasteiger partial charge on any atom is -0.465 e. The highest BCUT2D eigenvalue weighted by atomic mass is 16.3. The van der Waals surface area contributed by atoms with Gasteiger partial charge < -0.3 is 10.2 Å². The first kappa shape index (κ1) is 13.6. The molecular formula is C14H25N3O. The number of rotatable bonds is 3. The van der Waals surface area contributed by atoms with E-state index in [1.807, 2.05) is 13.0 Å². The van der Waals surface area contributed by atoms with Gasteiger partial charge in [0.2, 0.25) is 0 Å².